The highest BCUT2D eigenvalue weighted by Gasteiger charge is 2.27. The second-order valence-corrected chi connectivity index (χ2v) is 8.77. The first-order valence-electron chi connectivity index (χ1n) is 8.29. The molecular weight excluding hydrogens is 314 g/mol. The number of hydrogen-bond donors (Lipinski definition) is 1. The van der Waals surface area contributed by atoms with Crippen LogP contribution < -0.4 is 9.88 Å². The van der Waals surface area contributed by atoms with Crippen LogP contribution >= 0.6 is 0 Å². The molecule has 1 aliphatic heterocycles. The second-order valence-electron chi connectivity index (χ2n) is 6.79. The van der Waals surface area contributed by atoms with Crippen molar-refractivity contribution >= 4 is 10.0 Å². The van der Waals surface area contributed by atoms with E-state index in [9.17, 15) is 8.42 Å². The minimum absolute atomic E-state index is 0.214. The molecule has 2 unspecified atom stereocenters. The molecule has 0 bridgehead atoms. The van der Waals surface area contributed by atoms with Gasteiger partial charge in [-0.15, -0.1) is 0 Å². The van der Waals surface area contributed by atoms with Crippen molar-refractivity contribution in [1.82, 2.24) is 0 Å². The minimum Gasteiger partial charge on any atom is -0.491 e. The summed E-state index contributed by atoms with van der Waals surface area (Å²) in [6, 6.07) is 6.19. The van der Waals surface area contributed by atoms with Crippen LogP contribution in [-0.2, 0) is 27.6 Å². The van der Waals surface area contributed by atoms with Gasteiger partial charge in [-0.25, -0.2) is 13.6 Å². The normalized spacial score (nSPS) is 25.3. The molecule has 6 heteroatoms. The zero-order valence-corrected chi connectivity index (χ0v) is 14.3. The molecule has 1 aromatic carbocycles. The van der Waals surface area contributed by atoms with Crippen molar-refractivity contribution in [3.8, 4) is 5.75 Å². The zero-order chi connectivity index (χ0) is 16.4. The zero-order valence-electron chi connectivity index (χ0n) is 13.5. The van der Waals surface area contributed by atoms with Gasteiger partial charge in [-0.1, -0.05) is 6.07 Å². The topological polar surface area (TPSA) is 78.6 Å². The lowest BCUT2D eigenvalue weighted by Gasteiger charge is -2.14. The van der Waals surface area contributed by atoms with Crippen LogP contribution in [0.1, 0.15) is 37.3 Å². The Hall–Kier alpha value is -1.11. The first-order chi connectivity index (χ1) is 10.9. The van der Waals surface area contributed by atoms with Crippen LogP contribution in [-0.4, -0.2) is 33.0 Å². The van der Waals surface area contributed by atoms with E-state index >= 15 is 0 Å². The molecule has 23 heavy (non-hydrogen) atoms. The maximum atomic E-state index is 11.4. The van der Waals surface area contributed by atoms with Crippen molar-refractivity contribution in [2.45, 2.75) is 50.4 Å². The Labute approximate surface area is 138 Å². The third-order valence-corrected chi connectivity index (χ3v) is 6.20. The fraction of sp³-hybridized carbons (Fsp3) is 0.647. The largest absolute Gasteiger partial charge is 0.491 e. The molecule has 2 aliphatic rings. The van der Waals surface area contributed by atoms with Gasteiger partial charge in [0, 0.05) is 6.61 Å². The maximum absolute atomic E-state index is 11.4. The third-order valence-electron chi connectivity index (χ3n) is 4.88. The summed E-state index contributed by atoms with van der Waals surface area (Å²) >= 11 is 0. The van der Waals surface area contributed by atoms with Gasteiger partial charge < -0.3 is 9.47 Å². The summed E-state index contributed by atoms with van der Waals surface area (Å²) in [5.41, 5.74) is 2.56. The average molecular weight is 339 g/mol. The molecule has 1 saturated heterocycles. The standard InChI is InChI=1S/C17H25NO4S/c1-12(23(18,19)20)7-13-8-14-4-5-16(10-15(14)9-13)22-11-17-3-2-6-21-17/h4-5,10,12-13,17H,2-3,6-9,11H2,1H3,(H2,18,19,20)/t12?,13-,17?/m0/s1. The quantitative estimate of drug-likeness (QED) is 0.860. The Morgan fingerprint density at radius 1 is 1.35 bits per heavy atom. The lowest BCUT2D eigenvalue weighted by atomic mass is 10.0. The van der Waals surface area contributed by atoms with Crippen molar-refractivity contribution in [2.75, 3.05) is 13.2 Å². The Morgan fingerprint density at radius 3 is 2.83 bits per heavy atom. The smallest absolute Gasteiger partial charge is 0.211 e. The van der Waals surface area contributed by atoms with Crippen molar-refractivity contribution in [2.24, 2.45) is 11.1 Å². The summed E-state index contributed by atoms with van der Waals surface area (Å²) in [5, 5.41) is 4.74. The van der Waals surface area contributed by atoms with E-state index in [0.717, 1.165) is 38.0 Å². The van der Waals surface area contributed by atoms with Gasteiger partial charge in [-0.05, 0) is 68.2 Å². The number of hydrogen-bond acceptors (Lipinski definition) is 4. The summed E-state index contributed by atoms with van der Waals surface area (Å²) in [5.74, 6) is 1.21. The monoisotopic (exact) mass is 339 g/mol. The number of benzene rings is 1. The van der Waals surface area contributed by atoms with Gasteiger partial charge in [0.25, 0.3) is 0 Å². The van der Waals surface area contributed by atoms with E-state index in [2.05, 4.69) is 12.1 Å². The highest BCUT2D eigenvalue weighted by Crippen LogP contribution is 2.33. The van der Waals surface area contributed by atoms with E-state index in [1.165, 1.54) is 11.1 Å². The molecule has 1 fully saturated rings. The van der Waals surface area contributed by atoms with E-state index in [1.807, 2.05) is 6.07 Å². The highest BCUT2D eigenvalue weighted by molar-refractivity contribution is 7.89. The minimum atomic E-state index is -3.44. The summed E-state index contributed by atoms with van der Waals surface area (Å²) in [4.78, 5) is 0. The van der Waals surface area contributed by atoms with Crippen LogP contribution in [0.2, 0.25) is 0 Å². The average Bonchev–Trinajstić information content (AvgIpc) is 3.12. The molecule has 1 heterocycles. The molecular formula is C17H25NO4S. The molecule has 3 atom stereocenters. The van der Waals surface area contributed by atoms with Crippen molar-refractivity contribution < 1.29 is 17.9 Å². The van der Waals surface area contributed by atoms with Gasteiger partial charge in [-0.2, -0.15) is 0 Å². The van der Waals surface area contributed by atoms with Crippen LogP contribution in [0, 0.1) is 5.92 Å². The molecule has 0 radical (unpaired) electrons. The molecule has 1 aromatic rings. The molecule has 3 rings (SSSR count). The maximum Gasteiger partial charge on any atom is 0.211 e. The van der Waals surface area contributed by atoms with E-state index < -0.39 is 15.3 Å². The summed E-state index contributed by atoms with van der Waals surface area (Å²) in [7, 11) is -3.44. The number of ether oxygens (including phenoxy) is 2. The Balaban J connectivity index is 1.57. The van der Waals surface area contributed by atoms with Crippen LogP contribution in [0.4, 0.5) is 0 Å². The molecule has 0 saturated carbocycles. The second kappa shape index (κ2) is 6.79. The van der Waals surface area contributed by atoms with Crippen molar-refractivity contribution in [3.05, 3.63) is 29.3 Å². The van der Waals surface area contributed by atoms with E-state index in [1.54, 1.807) is 6.92 Å². The molecule has 1 aliphatic carbocycles. The molecule has 5 nitrogen and oxygen atoms in total. The number of rotatable bonds is 6. The van der Waals surface area contributed by atoms with E-state index in [4.69, 9.17) is 14.6 Å². The number of fused-ring (bicyclic) bond motifs is 1. The van der Waals surface area contributed by atoms with Crippen LogP contribution in [0.15, 0.2) is 18.2 Å². The Bertz CT molecular complexity index is 653. The van der Waals surface area contributed by atoms with Crippen molar-refractivity contribution in [3.63, 3.8) is 0 Å². The van der Waals surface area contributed by atoms with E-state index in [-0.39, 0.29) is 6.10 Å². The van der Waals surface area contributed by atoms with Gasteiger partial charge in [0.15, 0.2) is 0 Å². The van der Waals surface area contributed by atoms with Crippen LogP contribution in [0.5, 0.6) is 5.75 Å². The highest BCUT2D eigenvalue weighted by atomic mass is 32.2. The van der Waals surface area contributed by atoms with Gasteiger partial charge >= 0.3 is 0 Å². The third kappa shape index (κ3) is 4.25. The van der Waals surface area contributed by atoms with Gasteiger partial charge in [0.1, 0.15) is 12.4 Å². The number of sulfonamides is 1. The summed E-state index contributed by atoms with van der Waals surface area (Å²) < 4.78 is 34.2. The fourth-order valence-electron chi connectivity index (χ4n) is 3.51. The Morgan fingerprint density at radius 2 is 2.13 bits per heavy atom. The molecule has 0 amide bonds. The van der Waals surface area contributed by atoms with Crippen LogP contribution in [0.25, 0.3) is 0 Å². The van der Waals surface area contributed by atoms with Crippen LogP contribution in [0.3, 0.4) is 0 Å². The Kier molecular flexibility index (Phi) is 4.94. The summed E-state index contributed by atoms with van der Waals surface area (Å²) in [6.45, 7) is 3.13. The fourth-order valence-corrected chi connectivity index (χ4v) is 4.05. The molecule has 128 valence electrons. The predicted molar refractivity (Wildman–Crippen MR) is 89.0 cm³/mol. The molecule has 0 spiro atoms. The van der Waals surface area contributed by atoms with Crippen molar-refractivity contribution in [1.29, 1.82) is 0 Å². The predicted octanol–water partition coefficient (Wildman–Crippen LogP) is 2.03. The number of nitrogens with two attached hydrogens (primary N) is 1. The van der Waals surface area contributed by atoms with E-state index in [0.29, 0.717) is 18.9 Å². The summed E-state index contributed by atoms with van der Waals surface area (Å²) in [6.07, 6.45) is 4.82. The lowest BCUT2D eigenvalue weighted by molar-refractivity contribution is 0.0679. The first-order valence-corrected chi connectivity index (χ1v) is 9.90. The van der Waals surface area contributed by atoms with Gasteiger partial charge in [0.05, 0.1) is 11.4 Å². The first kappa shape index (κ1) is 16.7. The molecule has 2 N–H and O–H groups in total. The van der Waals surface area contributed by atoms with Gasteiger partial charge in [0.2, 0.25) is 10.0 Å². The number of primary sulfonamides is 1. The van der Waals surface area contributed by atoms with Gasteiger partial charge in [-0.3, -0.25) is 0 Å². The molecule has 0 aromatic heterocycles. The SMILES string of the molecule is CC(C[C@H]1Cc2ccc(OCC3CCCO3)cc2C1)S(N)(=O)=O. The lowest BCUT2D eigenvalue weighted by Crippen LogP contribution is -2.28.